The average Bonchev–Trinajstić information content (AvgIpc) is 2.70. The number of hydrogen-bond acceptors (Lipinski definition) is 6. The van der Waals surface area contributed by atoms with Crippen LogP contribution in [0.5, 0.6) is 11.5 Å². The van der Waals surface area contributed by atoms with Crippen LogP contribution in [0, 0.1) is 0 Å². The van der Waals surface area contributed by atoms with Crippen LogP contribution in [-0.4, -0.2) is 37.3 Å². The van der Waals surface area contributed by atoms with Crippen molar-refractivity contribution in [3.63, 3.8) is 0 Å². The van der Waals surface area contributed by atoms with Crippen molar-refractivity contribution in [3.8, 4) is 11.5 Å². The third-order valence-electron chi connectivity index (χ3n) is 3.91. The summed E-state index contributed by atoms with van der Waals surface area (Å²) in [6.45, 7) is 0.812. The third kappa shape index (κ3) is 6.65. The Morgan fingerprint density at radius 2 is 1.83 bits per heavy atom. The van der Waals surface area contributed by atoms with Crippen molar-refractivity contribution in [2.75, 3.05) is 31.2 Å². The Morgan fingerprint density at radius 3 is 2.45 bits per heavy atom. The molecule has 0 unspecified atom stereocenters. The fourth-order valence-corrected chi connectivity index (χ4v) is 2.44. The normalized spacial score (nSPS) is 10.5. The monoisotopic (exact) mass is 400 g/mol. The minimum absolute atomic E-state index is 0.188. The molecule has 2 amide bonds. The molecule has 0 aliphatic heterocycles. The number of anilines is 2. The molecule has 0 heterocycles. The maximum absolute atomic E-state index is 11.6. The molecule has 7 N–H and O–H groups in total. The lowest BCUT2D eigenvalue weighted by molar-refractivity contribution is 0.0999. The molecule has 9 heteroatoms. The number of hydrogen-bond donors (Lipinski definition) is 5. The average molecular weight is 400 g/mol. The molecule has 9 nitrogen and oxygen atoms in total. The van der Waals surface area contributed by atoms with Crippen molar-refractivity contribution in [1.82, 2.24) is 5.32 Å². The van der Waals surface area contributed by atoms with E-state index in [1.165, 1.54) is 12.1 Å². The van der Waals surface area contributed by atoms with Gasteiger partial charge >= 0.3 is 6.09 Å². The smallest absolute Gasteiger partial charge is 0.404 e. The van der Waals surface area contributed by atoms with Crippen LogP contribution in [0.1, 0.15) is 15.9 Å². The number of primary amides is 1. The van der Waals surface area contributed by atoms with Gasteiger partial charge in [0, 0.05) is 18.7 Å². The van der Waals surface area contributed by atoms with E-state index in [4.69, 9.17) is 26.0 Å². The summed E-state index contributed by atoms with van der Waals surface area (Å²) in [6, 6.07) is 10.4. The standard InChI is InChI=1S/C20H24N4O5/c1-28-15-6-4-13(5-7-15)12-29-17-11-14(19(22)25)10-16(21)18(17)23-8-2-3-9-24-20(26)27/h2-7,10-11,23-24H,8-9,12,21H2,1H3,(H2,22,25)(H,26,27). The first kappa shape index (κ1) is 21.4. The Hall–Kier alpha value is -3.88. The first-order valence-electron chi connectivity index (χ1n) is 8.75. The molecule has 0 aromatic heterocycles. The van der Waals surface area contributed by atoms with Crippen molar-refractivity contribution in [2.45, 2.75) is 6.61 Å². The third-order valence-corrected chi connectivity index (χ3v) is 3.91. The highest BCUT2D eigenvalue weighted by Crippen LogP contribution is 2.33. The van der Waals surface area contributed by atoms with Crippen molar-refractivity contribution in [3.05, 3.63) is 59.7 Å². The molecular formula is C20H24N4O5. The molecule has 0 radical (unpaired) electrons. The number of amides is 2. The molecule has 0 aliphatic rings. The van der Waals surface area contributed by atoms with Crippen molar-refractivity contribution >= 4 is 23.4 Å². The molecule has 2 rings (SSSR count). The van der Waals surface area contributed by atoms with Gasteiger partial charge in [0.15, 0.2) is 0 Å². The predicted molar refractivity (Wildman–Crippen MR) is 110 cm³/mol. The van der Waals surface area contributed by atoms with Crippen LogP contribution in [0.2, 0.25) is 0 Å². The number of nitrogens with two attached hydrogens (primary N) is 2. The van der Waals surface area contributed by atoms with Gasteiger partial charge in [-0.3, -0.25) is 4.79 Å². The zero-order valence-electron chi connectivity index (χ0n) is 16.0. The van der Waals surface area contributed by atoms with Gasteiger partial charge in [0.1, 0.15) is 23.8 Å². The van der Waals surface area contributed by atoms with Crippen molar-refractivity contribution in [1.29, 1.82) is 0 Å². The van der Waals surface area contributed by atoms with E-state index < -0.39 is 12.0 Å². The van der Waals surface area contributed by atoms with Gasteiger partial charge in [0.2, 0.25) is 5.91 Å². The van der Waals surface area contributed by atoms with Gasteiger partial charge in [-0.25, -0.2) is 4.79 Å². The zero-order valence-corrected chi connectivity index (χ0v) is 16.0. The Labute approximate surface area is 168 Å². The molecule has 2 aromatic carbocycles. The minimum atomic E-state index is -1.09. The molecule has 29 heavy (non-hydrogen) atoms. The Bertz CT molecular complexity index is 881. The summed E-state index contributed by atoms with van der Waals surface area (Å²) in [5, 5.41) is 13.9. The van der Waals surface area contributed by atoms with Crippen molar-refractivity contribution in [2.24, 2.45) is 5.73 Å². The second-order valence-corrected chi connectivity index (χ2v) is 5.98. The van der Waals surface area contributed by atoms with Crippen LogP contribution in [0.15, 0.2) is 48.6 Å². The lowest BCUT2D eigenvalue weighted by Crippen LogP contribution is -2.20. The molecule has 0 aliphatic carbocycles. The number of methoxy groups -OCH3 is 1. The van der Waals surface area contributed by atoms with Crippen LogP contribution in [0.4, 0.5) is 16.2 Å². The van der Waals surface area contributed by atoms with Gasteiger partial charge in [-0.05, 0) is 29.8 Å². The molecule has 0 fully saturated rings. The molecule has 154 valence electrons. The first-order chi connectivity index (χ1) is 13.9. The van der Waals surface area contributed by atoms with E-state index in [2.05, 4.69) is 10.6 Å². The number of nitrogen functional groups attached to an aromatic ring is 1. The maximum Gasteiger partial charge on any atom is 0.404 e. The van der Waals surface area contributed by atoms with Crippen molar-refractivity contribution < 1.29 is 24.2 Å². The summed E-state index contributed by atoms with van der Waals surface area (Å²) in [6.07, 6.45) is 2.31. The summed E-state index contributed by atoms with van der Waals surface area (Å²) in [4.78, 5) is 22.0. The van der Waals surface area contributed by atoms with E-state index in [0.29, 0.717) is 23.7 Å². The number of carboxylic acid groups (broad SMARTS) is 1. The first-order valence-corrected chi connectivity index (χ1v) is 8.75. The van der Waals surface area contributed by atoms with Crippen LogP contribution < -0.4 is 31.6 Å². The van der Waals surface area contributed by atoms with Gasteiger partial charge in [-0.1, -0.05) is 24.3 Å². The Morgan fingerprint density at radius 1 is 1.14 bits per heavy atom. The van der Waals surface area contributed by atoms with E-state index in [0.717, 1.165) is 11.3 Å². The molecule has 0 saturated carbocycles. The summed E-state index contributed by atoms with van der Waals surface area (Å²) >= 11 is 0. The second-order valence-electron chi connectivity index (χ2n) is 5.98. The van der Waals surface area contributed by atoms with Gasteiger partial charge in [-0.2, -0.15) is 0 Å². The topological polar surface area (TPSA) is 149 Å². The number of rotatable bonds is 10. The number of benzene rings is 2. The summed E-state index contributed by atoms with van der Waals surface area (Å²) in [7, 11) is 1.59. The highest BCUT2D eigenvalue weighted by Gasteiger charge is 2.13. The van der Waals surface area contributed by atoms with Gasteiger partial charge in [0.25, 0.3) is 0 Å². The van der Waals surface area contributed by atoms with Gasteiger partial charge < -0.3 is 36.7 Å². The lowest BCUT2D eigenvalue weighted by Gasteiger charge is -2.16. The molecule has 0 bridgehead atoms. The maximum atomic E-state index is 11.6. The zero-order chi connectivity index (χ0) is 21.2. The molecule has 2 aromatic rings. The number of ether oxygens (including phenoxy) is 2. The van der Waals surface area contributed by atoms with Crippen LogP contribution >= 0.6 is 0 Å². The number of nitrogens with one attached hydrogen (secondary N) is 2. The fraction of sp³-hybridized carbons (Fsp3) is 0.200. The predicted octanol–water partition coefficient (Wildman–Crippen LogP) is 2.19. The summed E-state index contributed by atoms with van der Waals surface area (Å²) in [5.74, 6) is 0.504. The van der Waals surface area contributed by atoms with E-state index in [1.54, 1.807) is 19.3 Å². The van der Waals surface area contributed by atoms with Crippen LogP contribution in [0.3, 0.4) is 0 Å². The highest BCUT2D eigenvalue weighted by atomic mass is 16.5. The molecular weight excluding hydrogens is 376 g/mol. The van der Waals surface area contributed by atoms with E-state index in [1.807, 2.05) is 24.3 Å². The summed E-state index contributed by atoms with van der Waals surface area (Å²) < 4.78 is 11.0. The largest absolute Gasteiger partial charge is 0.497 e. The Balaban J connectivity index is 2.11. The quantitative estimate of drug-likeness (QED) is 0.303. The van der Waals surface area contributed by atoms with E-state index in [9.17, 15) is 9.59 Å². The highest BCUT2D eigenvalue weighted by molar-refractivity contribution is 5.96. The van der Waals surface area contributed by atoms with Gasteiger partial charge in [-0.15, -0.1) is 0 Å². The fourth-order valence-electron chi connectivity index (χ4n) is 2.44. The minimum Gasteiger partial charge on any atom is -0.497 e. The number of carbonyl (C=O) groups is 2. The van der Waals surface area contributed by atoms with E-state index >= 15 is 0 Å². The molecule has 0 spiro atoms. The van der Waals surface area contributed by atoms with Gasteiger partial charge in [0.05, 0.1) is 12.8 Å². The molecule has 0 saturated heterocycles. The van der Waals surface area contributed by atoms with Crippen LogP contribution in [-0.2, 0) is 6.61 Å². The lowest BCUT2D eigenvalue weighted by atomic mass is 10.1. The Kier molecular flexibility index (Phi) is 7.72. The molecule has 0 atom stereocenters. The summed E-state index contributed by atoms with van der Waals surface area (Å²) in [5.41, 5.74) is 13.4. The SMILES string of the molecule is COc1ccc(COc2cc(C(N)=O)cc(N)c2NCC=CCNC(=O)O)cc1. The second kappa shape index (κ2) is 10.5. The number of carbonyl (C=O) groups excluding carboxylic acids is 1. The van der Waals surface area contributed by atoms with Crippen LogP contribution in [0.25, 0.3) is 0 Å². The van der Waals surface area contributed by atoms with E-state index in [-0.39, 0.29) is 18.7 Å².